The molecule has 164 valence electrons. The molecule has 1 heterocycles. The van der Waals surface area contributed by atoms with Crippen molar-refractivity contribution in [2.45, 2.75) is 50.8 Å². The molecule has 1 aliphatic heterocycles. The number of hydrogen-bond donors (Lipinski definition) is 5. The molecule has 0 radical (unpaired) electrons. The van der Waals surface area contributed by atoms with Crippen molar-refractivity contribution < 1.29 is 35.0 Å². The van der Waals surface area contributed by atoms with Crippen LogP contribution in [0, 0.1) is 6.92 Å². The van der Waals surface area contributed by atoms with Crippen molar-refractivity contribution in [3.8, 4) is 11.5 Å². The first-order chi connectivity index (χ1) is 14.3. The van der Waals surface area contributed by atoms with E-state index in [1.54, 1.807) is 13.0 Å². The van der Waals surface area contributed by atoms with Crippen LogP contribution in [0.3, 0.4) is 0 Å². The highest BCUT2D eigenvalue weighted by atomic mass is 35.5. The molecule has 1 aliphatic rings. The van der Waals surface area contributed by atoms with Gasteiger partial charge in [-0.15, -0.1) is 0 Å². The van der Waals surface area contributed by atoms with E-state index in [1.165, 1.54) is 0 Å². The number of hydrogen-bond acceptors (Lipinski definition) is 7. The summed E-state index contributed by atoms with van der Waals surface area (Å²) in [6.07, 6.45) is -6.09. The van der Waals surface area contributed by atoms with Crippen molar-refractivity contribution in [3.05, 3.63) is 57.6 Å². The van der Waals surface area contributed by atoms with Crippen LogP contribution < -0.4 is 4.74 Å². The third kappa shape index (κ3) is 4.42. The number of halogens is 1. The van der Waals surface area contributed by atoms with Crippen LogP contribution in [0.4, 0.5) is 0 Å². The normalized spacial score (nSPS) is 26.6. The van der Waals surface area contributed by atoms with Crippen LogP contribution in [-0.2, 0) is 11.2 Å². The Morgan fingerprint density at radius 3 is 2.33 bits per heavy atom. The molecule has 1 fully saturated rings. The standard InChI is InChI=1S/C22H27ClO7/c1-3-29-14-6-4-12(5-7-14)8-13-9-15(11(2)18(25)17(13)23)22-21(28)20(27)19(26)16(10-24)30-22/h4-7,9,16,19-22,24-28H,3,8,10H2,1-2H3/t16-,19-,20+,21-,22+/m1/s1. The van der Waals surface area contributed by atoms with E-state index in [9.17, 15) is 25.5 Å². The Kier molecular flexibility index (Phi) is 7.23. The number of aliphatic hydroxyl groups is 4. The fourth-order valence-corrected chi connectivity index (χ4v) is 3.95. The second-order valence-electron chi connectivity index (χ2n) is 7.42. The van der Waals surface area contributed by atoms with Gasteiger partial charge in [0, 0.05) is 0 Å². The Labute approximate surface area is 180 Å². The van der Waals surface area contributed by atoms with E-state index in [2.05, 4.69) is 0 Å². The third-order valence-corrected chi connectivity index (χ3v) is 5.86. The quantitative estimate of drug-likeness (QED) is 0.467. The lowest BCUT2D eigenvalue weighted by Gasteiger charge is -2.40. The number of phenols is 1. The number of rotatable bonds is 6. The Morgan fingerprint density at radius 1 is 1.07 bits per heavy atom. The highest BCUT2D eigenvalue weighted by molar-refractivity contribution is 6.33. The minimum atomic E-state index is -1.51. The molecule has 2 aromatic rings. The minimum Gasteiger partial charge on any atom is -0.506 e. The minimum absolute atomic E-state index is 0.146. The number of phenolic OH excluding ortho intramolecular Hbond substituents is 1. The molecular formula is C22H27ClO7. The molecule has 7 nitrogen and oxygen atoms in total. The SMILES string of the molecule is CCOc1ccc(Cc2cc([C@@H]3O[C@H](CO)[C@@H](O)[C@H](O)[C@H]3O)c(C)c(O)c2Cl)cc1. The zero-order valence-corrected chi connectivity index (χ0v) is 17.6. The van der Waals surface area contributed by atoms with Gasteiger partial charge in [-0.2, -0.15) is 0 Å². The van der Waals surface area contributed by atoms with Crippen LogP contribution in [0.2, 0.25) is 5.02 Å². The van der Waals surface area contributed by atoms with E-state index in [-0.39, 0.29) is 10.8 Å². The number of benzene rings is 2. The fraction of sp³-hybridized carbons (Fsp3) is 0.455. The lowest BCUT2D eigenvalue weighted by atomic mass is 9.87. The summed E-state index contributed by atoms with van der Waals surface area (Å²) in [7, 11) is 0. The number of ether oxygens (including phenoxy) is 2. The largest absolute Gasteiger partial charge is 0.506 e. The van der Waals surface area contributed by atoms with Crippen LogP contribution >= 0.6 is 11.6 Å². The van der Waals surface area contributed by atoms with Gasteiger partial charge < -0.3 is 35.0 Å². The predicted octanol–water partition coefficient (Wildman–Crippen LogP) is 1.86. The Bertz CT molecular complexity index is 869. The third-order valence-electron chi connectivity index (χ3n) is 5.44. The van der Waals surface area contributed by atoms with Crippen LogP contribution in [0.25, 0.3) is 0 Å². The Balaban J connectivity index is 1.95. The lowest BCUT2D eigenvalue weighted by Crippen LogP contribution is -2.55. The molecule has 0 amide bonds. The van der Waals surface area contributed by atoms with E-state index < -0.39 is 37.1 Å². The van der Waals surface area contributed by atoms with Gasteiger partial charge in [0.05, 0.1) is 18.2 Å². The van der Waals surface area contributed by atoms with Crippen molar-refractivity contribution in [1.82, 2.24) is 0 Å². The molecule has 0 aliphatic carbocycles. The molecule has 0 spiro atoms. The Morgan fingerprint density at radius 2 is 1.73 bits per heavy atom. The van der Waals surface area contributed by atoms with Crippen molar-refractivity contribution in [3.63, 3.8) is 0 Å². The summed E-state index contributed by atoms with van der Waals surface area (Å²) in [5, 5.41) is 50.8. The zero-order chi connectivity index (χ0) is 22.0. The van der Waals surface area contributed by atoms with Crippen LogP contribution in [0.5, 0.6) is 11.5 Å². The fourth-order valence-electron chi connectivity index (χ4n) is 3.69. The summed E-state index contributed by atoms with van der Waals surface area (Å²) in [6.45, 7) is 3.57. The summed E-state index contributed by atoms with van der Waals surface area (Å²) >= 11 is 6.38. The topological polar surface area (TPSA) is 120 Å². The molecule has 30 heavy (non-hydrogen) atoms. The van der Waals surface area contributed by atoms with Crippen molar-refractivity contribution in [2.24, 2.45) is 0 Å². The van der Waals surface area contributed by atoms with Crippen molar-refractivity contribution >= 4 is 11.6 Å². The average Bonchev–Trinajstić information content (AvgIpc) is 2.74. The van der Waals surface area contributed by atoms with Crippen LogP contribution in [0.15, 0.2) is 30.3 Å². The molecule has 0 bridgehead atoms. The molecule has 0 saturated carbocycles. The second kappa shape index (κ2) is 9.51. The van der Waals surface area contributed by atoms with Gasteiger partial charge in [0.15, 0.2) is 0 Å². The average molecular weight is 439 g/mol. The summed E-state index contributed by atoms with van der Waals surface area (Å²) < 4.78 is 11.1. The van der Waals surface area contributed by atoms with E-state index in [0.29, 0.717) is 29.7 Å². The van der Waals surface area contributed by atoms with Crippen LogP contribution in [-0.4, -0.2) is 63.2 Å². The first-order valence-corrected chi connectivity index (χ1v) is 10.2. The van der Waals surface area contributed by atoms with E-state index in [0.717, 1.165) is 11.3 Å². The van der Waals surface area contributed by atoms with Gasteiger partial charge >= 0.3 is 0 Å². The molecule has 0 aromatic heterocycles. The summed E-state index contributed by atoms with van der Waals surface area (Å²) in [6, 6.07) is 9.19. The van der Waals surface area contributed by atoms with Gasteiger partial charge in [-0.25, -0.2) is 0 Å². The second-order valence-corrected chi connectivity index (χ2v) is 7.79. The molecule has 5 N–H and O–H groups in total. The maximum absolute atomic E-state index is 10.6. The monoisotopic (exact) mass is 438 g/mol. The summed E-state index contributed by atoms with van der Waals surface area (Å²) in [5.74, 6) is 0.605. The molecular weight excluding hydrogens is 412 g/mol. The van der Waals surface area contributed by atoms with Gasteiger partial charge in [0.1, 0.15) is 42.0 Å². The van der Waals surface area contributed by atoms with Gasteiger partial charge in [-0.3, -0.25) is 0 Å². The molecule has 5 atom stereocenters. The maximum Gasteiger partial charge on any atom is 0.137 e. The van der Waals surface area contributed by atoms with Crippen molar-refractivity contribution in [1.29, 1.82) is 0 Å². The maximum atomic E-state index is 10.6. The zero-order valence-electron chi connectivity index (χ0n) is 16.8. The number of aliphatic hydroxyl groups excluding tert-OH is 4. The number of aromatic hydroxyl groups is 1. The molecule has 3 rings (SSSR count). The predicted molar refractivity (Wildman–Crippen MR) is 111 cm³/mol. The molecule has 0 unspecified atom stereocenters. The van der Waals surface area contributed by atoms with Gasteiger partial charge in [0.25, 0.3) is 0 Å². The highest BCUT2D eigenvalue weighted by Gasteiger charge is 2.44. The first-order valence-electron chi connectivity index (χ1n) is 9.81. The van der Waals surface area contributed by atoms with E-state index in [1.807, 2.05) is 31.2 Å². The summed E-state index contributed by atoms with van der Waals surface area (Å²) in [5.41, 5.74) is 2.36. The van der Waals surface area contributed by atoms with Crippen LogP contribution in [0.1, 0.15) is 35.3 Å². The van der Waals surface area contributed by atoms with Gasteiger partial charge in [-0.05, 0) is 54.7 Å². The van der Waals surface area contributed by atoms with Crippen molar-refractivity contribution in [2.75, 3.05) is 13.2 Å². The Hall–Kier alpha value is -1.87. The van der Waals surface area contributed by atoms with E-state index >= 15 is 0 Å². The molecule has 1 saturated heterocycles. The molecule has 2 aromatic carbocycles. The smallest absolute Gasteiger partial charge is 0.137 e. The first kappa shape index (κ1) is 22.8. The molecule has 8 heteroatoms. The van der Waals surface area contributed by atoms with Gasteiger partial charge in [0.2, 0.25) is 0 Å². The van der Waals surface area contributed by atoms with Gasteiger partial charge in [-0.1, -0.05) is 29.8 Å². The van der Waals surface area contributed by atoms with E-state index in [4.69, 9.17) is 21.1 Å². The lowest BCUT2D eigenvalue weighted by molar-refractivity contribution is -0.231. The highest BCUT2D eigenvalue weighted by Crippen LogP contribution is 2.41. The summed E-state index contributed by atoms with van der Waals surface area (Å²) in [4.78, 5) is 0.